The number of morpholine rings is 1. The molecule has 1 aromatic rings. The highest BCUT2D eigenvalue weighted by molar-refractivity contribution is 7.89. The molecule has 0 saturated carbocycles. The van der Waals surface area contributed by atoms with Crippen LogP contribution in [0.15, 0.2) is 16.3 Å². The lowest BCUT2D eigenvalue weighted by Gasteiger charge is -2.26. The molecule has 0 spiro atoms. The van der Waals surface area contributed by atoms with Gasteiger partial charge in [0.2, 0.25) is 10.0 Å². The molecule has 7 nitrogen and oxygen atoms in total. The fourth-order valence-electron chi connectivity index (χ4n) is 2.82. The number of carbonyl (C=O) groups is 1. The summed E-state index contributed by atoms with van der Waals surface area (Å²) in [7, 11) is -3.64. The second-order valence-electron chi connectivity index (χ2n) is 5.63. The summed E-state index contributed by atoms with van der Waals surface area (Å²) in [6.07, 6.45) is 2.14. The van der Waals surface area contributed by atoms with E-state index in [0.717, 1.165) is 30.7 Å². The Morgan fingerprint density at radius 2 is 2.22 bits per heavy atom. The zero-order valence-corrected chi connectivity index (χ0v) is 14.4. The van der Waals surface area contributed by atoms with Gasteiger partial charge in [-0.2, -0.15) is 4.31 Å². The molecule has 2 saturated heterocycles. The van der Waals surface area contributed by atoms with Gasteiger partial charge in [0, 0.05) is 25.7 Å². The lowest BCUT2D eigenvalue weighted by molar-refractivity contribution is 0.0730. The van der Waals surface area contributed by atoms with E-state index in [1.807, 2.05) is 0 Å². The van der Waals surface area contributed by atoms with Gasteiger partial charge in [0.25, 0.3) is 5.91 Å². The summed E-state index contributed by atoms with van der Waals surface area (Å²) in [5.41, 5.74) is 0. The smallest absolute Gasteiger partial charge is 0.262 e. The third kappa shape index (κ3) is 3.74. The second-order valence-corrected chi connectivity index (χ2v) is 8.46. The van der Waals surface area contributed by atoms with E-state index in [1.165, 1.54) is 10.4 Å². The molecule has 3 rings (SSSR count). The van der Waals surface area contributed by atoms with Gasteiger partial charge in [-0.15, -0.1) is 11.3 Å². The van der Waals surface area contributed by atoms with E-state index in [-0.39, 0.29) is 21.7 Å². The molecule has 1 unspecified atom stereocenters. The van der Waals surface area contributed by atoms with Gasteiger partial charge >= 0.3 is 0 Å². The molecule has 1 aromatic heterocycles. The molecular formula is C14H21N3O4S2. The molecule has 2 aliphatic rings. The molecule has 128 valence electrons. The van der Waals surface area contributed by atoms with Crippen molar-refractivity contribution in [1.29, 1.82) is 0 Å². The van der Waals surface area contributed by atoms with E-state index >= 15 is 0 Å². The molecule has 2 fully saturated rings. The molecule has 1 amide bonds. The molecule has 23 heavy (non-hydrogen) atoms. The Bertz CT molecular complexity index is 647. The summed E-state index contributed by atoms with van der Waals surface area (Å²) < 4.78 is 32.0. The predicted molar refractivity (Wildman–Crippen MR) is 87.3 cm³/mol. The average Bonchev–Trinajstić information content (AvgIpc) is 3.25. The van der Waals surface area contributed by atoms with Crippen molar-refractivity contribution < 1.29 is 17.9 Å². The van der Waals surface area contributed by atoms with Crippen LogP contribution in [0, 0.1) is 0 Å². The van der Waals surface area contributed by atoms with Crippen molar-refractivity contribution in [3.8, 4) is 0 Å². The summed E-state index contributed by atoms with van der Waals surface area (Å²) in [6.45, 7) is 2.91. The second kappa shape index (κ2) is 7.27. The van der Waals surface area contributed by atoms with Crippen molar-refractivity contribution in [3.63, 3.8) is 0 Å². The molecule has 3 heterocycles. The Balaban J connectivity index is 1.71. The quantitative estimate of drug-likeness (QED) is 0.787. The first kappa shape index (κ1) is 16.8. The van der Waals surface area contributed by atoms with E-state index < -0.39 is 10.0 Å². The molecule has 0 aromatic carbocycles. The van der Waals surface area contributed by atoms with Crippen LogP contribution in [0.25, 0.3) is 0 Å². The summed E-state index contributed by atoms with van der Waals surface area (Å²) >= 11 is 1.16. The van der Waals surface area contributed by atoms with Crippen LogP contribution in [0.3, 0.4) is 0 Å². The fraction of sp³-hybridized carbons (Fsp3) is 0.643. The van der Waals surface area contributed by atoms with Crippen LogP contribution < -0.4 is 10.6 Å². The Kier molecular flexibility index (Phi) is 5.32. The van der Waals surface area contributed by atoms with Crippen LogP contribution in [0.1, 0.15) is 22.5 Å². The normalized spacial score (nSPS) is 23.0. The number of sulfonamides is 1. The number of hydrogen-bond donors (Lipinski definition) is 2. The van der Waals surface area contributed by atoms with Crippen LogP contribution >= 0.6 is 11.3 Å². The monoisotopic (exact) mass is 359 g/mol. The van der Waals surface area contributed by atoms with Gasteiger partial charge in [-0.1, -0.05) is 0 Å². The number of amides is 1. The van der Waals surface area contributed by atoms with Crippen LogP contribution in [-0.2, 0) is 14.8 Å². The number of carbonyl (C=O) groups excluding carboxylic acids is 1. The van der Waals surface area contributed by atoms with E-state index in [1.54, 1.807) is 5.38 Å². The van der Waals surface area contributed by atoms with Gasteiger partial charge < -0.3 is 15.4 Å². The van der Waals surface area contributed by atoms with Crippen molar-refractivity contribution in [2.45, 2.75) is 23.8 Å². The number of nitrogens with zero attached hydrogens (tertiary/aromatic N) is 1. The third-order valence-electron chi connectivity index (χ3n) is 4.09. The SMILES string of the molecule is O=C(NCC1CCCN1)c1sccc1S(=O)(=O)N1CCOCC1. The van der Waals surface area contributed by atoms with E-state index in [4.69, 9.17) is 4.74 Å². The molecule has 2 N–H and O–H groups in total. The standard InChI is InChI=1S/C14H21N3O4S2/c18-14(16-10-11-2-1-4-15-11)13-12(3-9-22-13)23(19,20)17-5-7-21-8-6-17/h3,9,11,15H,1-2,4-8,10H2,(H,16,18). The van der Waals surface area contributed by atoms with Crippen LogP contribution in [0.5, 0.6) is 0 Å². The van der Waals surface area contributed by atoms with Crippen LogP contribution in [0.4, 0.5) is 0 Å². The van der Waals surface area contributed by atoms with Crippen LogP contribution in [0.2, 0.25) is 0 Å². The van der Waals surface area contributed by atoms with Gasteiger partial charge in [0.1, 0.15) is 9.77 Å². The Labute approximate surface area is 140 Å². The fourth-order valence-corrected chi connectivity index (χ4v) is 5.54. The van der Waals surface area contributed by atoms with E-state index in [2.05, 4.69) is 10.6 Å². The first-order valence-corrected chi connectivity index (χ1v) is 10.1. The average molecular weight is 359 g/mol. The largest absolute Gasteiger partial charge is 0.379 e. The topological polar surface area (TPSA) is 87.7 Å². The minimum Gasteiger partial charge on any atom is -0.379 e. The van der Waals surface area contributed by atoms with Crippen molar-refractivity contribution in [2.24, 2.45) is 0 Å². The Morgan fingerprint density at radius 1 is 1.43 bits per heavy atom. The molecule has 0 aliphatic carbocycles. The first-order chi connectivity index (χ1) is 11.1. The van der Waals surface area contributed by atoms with E-state index in [9.17, 15) is 13.2 Å². The number of ether oxygens (including phenoxy) is 1. The van der Waals surface area contributed by atoms with E-state index in [0.29, 0.717) is 32.8 Å². The summed E-state index contributed by atoms with van der Waals surface area (Å²) in [5.74, 6) is -0.319. The molecule has 1 atom stereocenters. The Morgan fingerprint density at radius 3 is 2.91 bits per heavy atom. The number of hydrogen-bond acceptors (Lipinski definition) is 6. The van der Waals surface area contributed by atoms with Crippen molar-refractivity contribution >= 4 is 27.3 Å². The lowest BCUT2D eigenvalue weighted by Crippen LogP contribution is -2.41. The Hall–Kier alpha value is -1.00. The van der Waals surface area contributed by atoms with Crippen molar-refractivity contribution in [3.05, 3.63) is 16.3 Å². The van der Waals surface area contributed by atoms with Gasteiger partial charge in [-0.05, 0) is 30.8 Å². The maximum atomic E-state index is 12.7. The lowest BCUT2D eigenvalue weighted by atomic mass is 10.2. The summed E-state index contributed by atoms with van der Waals surface area (Å²) in [4.78, 5) is 12.7. The number of thiophene rings is 1. The minimum atomic E-state index is -3.64. The van der Waals surface area contributed by atoms with Gasteiger partial charge in [-0.3, -0.25) is 4.79 Å². The van der Waals surface area contributed by atoms with Crippen molar-refractivity contribution in [1.82, 2.24) is 14.9 Å². The van der Waals surface area contributed by atoms with Gasteiger partial charge in [-0.25, -0.2) is 8.42 Å². The summed E-state index contributed by atoms with van der Waals surface area (Å²) in [5, 5.41) is 7.79. The highest BCUT2D eigenvalue weighted by atomic mass is 32.2. The molecular weight excluding hydrogens is 338 g/mol. The highest BCUT2D eigenvalue weighted by Gasteiger charge is 2.31. The summed E-state index contributed by atoms with van der Waals surface area (Å²) in [6, 6.07) is 1.79. The molecule has 0 bridgehead atoms. The molecule has 2 aliphatic heterocycles. The van der Waals surface area contributed by atoms with Crippen molar-refractivity contribution in [2.75, 3.05) is 39.4 Å². The third-order valence-corrected chi connectivity index (χ3v) is 7.08. The number of nitrogens with one attached hydrogen (secondary N) is 2. The zero-order chi connectivity index (χ0) is 16.3. The maximum Gasteiger partial charge on any atom is 0.262 e. The molecule has 0 radical (unpaired) electrons. The maximum absolute atomic E-state index is 12.7. The number of rotatable bonds is 5. The van der Waals surface area contributed by atoms with Gasteiger partial charge in [0.05, 0.1) is 13.2 Å². The van der Waals surface area contributed by atoms with Gasteiger partial charge in [0.15, 0.2) is 0 Å². The molecule has 9 heteroatoms. The first-order valence-electron chi connectivity index (χ1n) is 7.76. The zero-order valence-electron chi connectivity index (χ0n) is 12.8. The predicted octanol–water partition coefficient (Wildman–Crippen LogP) is 0.251. The van der Waals surface area contributed by atoms with Crippen LogP contribution in [-0.4, -0.2) is 64.1 Å². The highest BCUT2D eigenvalue weighted by Crippen LogP contribution is 2.25. The minimum absolute atomic E-state index is 0.0984.